The van der Waals surface area contributed by atoms with Gasteiger partial charge in [0.05, 0.1) is 17.7 Å². The molecule has 150 valence electrons. The highest BCUT2D eigenvalue weighted by Gasteiger charge is 2.53. The number of aromatic nitrogens is 2. The van der Waals surface area contributed by atoms with Gasteiger partial charge in [-0.1, -0.05) is 0 Å². The van der Waals surface area contributed by atoms with Gasteiger partial charge in [0.1, 0.15) is 11.9 Å². The van der Waals surface area contributed by atoms with Crippen LogP contribution in [-0.2, 0) is 9.53 Å². The summed E-state index contributed by atoms with van der Waals surface area (Å²) in [5.41, 5.74) is 4.38. The fourth-order valence-electron chi connectivity index (χ4n) is 4.06. The molecule has 4 N–H and O–H groups in total. The first-order valence-electron chi connectivity index (χ1n) is 9.35. The summed E-state index contributed by atoms with van der Waals surface area (Å²) in [6.07, 6.45) is 2.70. The average Bonchev–Trinajstić information content (AvgIpc) is 2.60. The second kappa shape index (κ2) is 7.57. The number of carbonyl (C=O) groups is 1. The first-order valence-corrected chi connectivity index (χ1v) is 9.35. The van der Waals surface area contributed by atoms with Crippen molar-refractivity contribution in [3.05, 3.63) is 12.3 Å². The van der Waals surface area contributed by atoms with Crippen LogP contribution in [0.5, 0.6) is 0 Å². The second-order valence-corrected chi connectivity index (χ2v) is 8.04. The molecule has 27 heavy (non-hydrogen) atoms. The number of likely N-dealkylation sites (N-methyl/N-ethyl adjacent to an activating group) is 1. The smallest absolute Gasteiger partial charge is 0.234 e. The summed E-state index contributed by atoms with van der Waals surface area (Å²) >= 11 is 0. The van der Waals surface area contributed by atoms with E-state index < -0.39 is 17.2 Å². The number of aliphatic hydroxyl groups is 1. The average molecular weight is 378 g/mol. The lowest BCUT2D eigenvalue weighted by Gasteiger charge is -2.53. The molecule has 1 aromatic heterocycles. The number of anilines is 2. The Labute approximate surface area is 159 Å². The molecule has 0 bridgehead atoms. The van der Waals surface area contributed by atoms with E-state index in [9.17, 15) is 9.90 Å². The van der Waals surface area contributed by atoms with E-state index in [0.717, 1.165) is 0 Å². The molecule has 1 spiro atoms. The largest absolute Gasteiger partial charge is 0.388 e. The molecule has 0 aromatic carbocycles. The molecule has 2 atom stereocenters. The summed E-state index contributed by atoms with van der Waals surface area (Å²) in [5.74, 6) is 0.937. The molecule has 3 rings (SSSR count). The van der Waals surface area contributed by atoms with E-state index in [1.54, 1.807) is 12.3 Å². The van der Waals surface area contributed by atoms with Crippen molar-refractivity contribution in [1.29, 1.82) is 0 Å². The minimum atomic E-state index is -0.784. The van der Waals surface area contributed by atoms with Crippen molar-refractivity contribution >= 4 is 17.7 Å². The number of piperidine rings is 1. The Bertz CT molecular complexity index is 677. The number of ether oxygens (including phenoxy) is 1. The van der Waals surface area contributed by atoms with Crippen molar-refractivity contribution in [3.8, 4) is 0 Å². The predicted octanol–water partition coefficient (Wildman–Crippen LogP) is -0.384. The van der Waals surface area contributed by atoms with Crippen LogP contribution in [0, 0.1) is 0 Å². The lowest BCUT2D eigenvalue weighted by atomic mass is 9.73. The first kappa shape index (κ1) is 19.8. The molecule has 2 fully saturated rings. The van der Waals surface area contributed by atoms with Crippen LogP contribution in [0.4, 0.5) is 11.8 Å². The van der Waals surface area contributed by atoms with Crippen molar-refractivity contribution in [2.75, 3.05) is 51.0 Å². The Morgan fingerprint density at radius 2 is 2.15 bits per heavy atom. The van der Waals surface area contributed by atoms with Crippen molar-refractivity contribution in [2.24, 2.45) is 0 Å². The highest BCUT2D eigenvalue weighted by Crippen LogP contribution is 2.40. The third kappa shape index (κ3) is 4.15. The molecule has 2 saturated heterocycles. The topological polar surface area (TPSA) is 117 Å². The van der Waals surface area contributed by atoms with Gasteiger partial charge in [-0.15, -0.1) is 0 Å². The van der Waals surface area contributed by atoms with Crippen molar-refractivity contribution in [3.63, 3.8) is 0 Å². The number of nitrogen functional groups attached to an aromatic ring is 1. The van der Waals surface area contributed by atoms with Gasteiger partial charge in [-0.2, -0.15) is 4.98 Å². The van der Waals surface area contributed by atoms with Crippen LogP contribution in [-0.4, -0.2) is 83.5 Å². The number of hydrogen-bond acceptors (Lipinski definition) is 8. The van der Waals surface area contributed by atoms with Crippen LogP contribution in [0.25, 0.3) is 0 Å². The van der Waals surface area contributed by atoms with Crippen LogP contribution in [0.1, 0.15) is 26.2 Å². The van der Waals surface area contributed by atoms with Gasteiger partial charge in [-0.05, 0) is 46.3 Å². The number of aliphatic hydroxyl groups excluding tert-OH is 1. The lowest BCUT2D eigenvalue weighted by molar-refractivity contribution is -0.198. The van der Waals surface area contributed by atoms with Crippen LogP contribution >= 0.6 is 0 Å². The SMILES string of the molecule is CN(C)CC(=O)N[C@@]1(C)CCOC2(CCN(c3nccc(N)n3)CC2)[C@@H]1O. The van der Waals surface area contributed by atoms with Crippen molar-refractivity contribution in [2.45, 2.75) is 43.4 Å². The molecule has 3 heterocycles. The van der Waals surface area contributed by atoms with E-state index in [4.69, 9.17) is 10.5 Å². The summed E-state index contributed by atoms with van der Waals surface area (Å²) in [6, 6.07) is 1.66. The van der Waals surface area contributed by atoms with E-state index in [1.807, 2.05) is 30.8 Å². The number of rotatable bonds is 4. The maximum atomic E-state index is 12.3. The molecular formula is C18H30N6O3. The number of nitrogens with one attached hydrogen (secondary N) is 1. The predicted molar refractivity (Wildman–Crippen MR) is 102 cm³/mol. The zero-order valence-corrected chi connectivity index (χ0v) is 16.3. The molecule has 2 aliphatic heterocycles. The second-order valence-electron chi connectivity index (χ2n) is 8.04. The molecule has 1 aromatic rings. The van der Waals surface area contributed by atoms with Crippen LogP contribution in [0.15, 0.2) is 12.3 Å². The van der Waals surface area contributed by atoms with E-state index in [1.165, 1.54) is 0 Å². The Morgan fingerprint density at radius 3 is 2.78 bits per heavy atom. The van der Waals surface area contributed by atoms with E-state index in [2.05, 4.69) is 15.3 Å². The van der Waals surface area contributed by atoms with Gasteiger partial charge in [0.2, 0.25) is 11.9 Å². The summed E-state index contributed by atoms with van der Waals surface area (Å²) in [7, 11) is 3.69. The van der Waals surface area contributed by atoms with E-state index in [-0.39, 0.29) is 12.5 Å². The molecule has 0 saturated carbocycles. The molecule has 9 heteroatoms. The van der Waals surface area contributed by atoms with Gasteiger partial charge < -0.3 is 30.7 Å². The maximum Gasteiger partial charge on any atom is 0.234 e. The molecule has 9 nitrogen and oxygen atoms in total. The number of hydrogen-bond donors (Lipinski definition) is 3. The van der Waals surface area contributed by atoms with Crippen molar-refractivity contribution < 1.29 is 14.6 Å². The van der Waals surface area contributed by atoms with Gasteiger partial charge in [0, 0.05) is 25.9 Å². The quantitative estimate of drug-likeness (QED) is 0.649. The van der Waals surface area contributed by atoms with Gasteiger partial charge >= 0.3 is 0 Å². The molecule has 1 amide bonds. The van der Waals surface area contributed by atoms with Gasteiger partial charge in [0.15, 0.2) is 0 Å². The Kier molecular flexibility index (Phi) is 5.55. The first-order chi connectivity index (χ1) is 12.7. The third-order valence-corrected chi connectivity index (χ3v) is 5.55. The number of nitrogens with two attached hydrogens (primary N) is 1. The molecule has 0 aliphatic carbocycles. The molecule has 0 unspecified atom stereocenters. The molecule has 2 aliphatic rings. The van der Waals surface area contributed by atoms with Crippen LogP contribution < -0.4 is 16.0 Å². The summed E-state index contributed by atoms with van der Waals surface area (Å²) in [5, 5.41) is 14.2. The monoisotopic (exact) mass is 378 g/mol. The lowest BCUT2D eigenvalue weighted by Crippen LogP contribution is -2.69. The van der Waals surface area contributed by atoms with Gasteiger partial charge in [-0.25, -0.2) is 4.98 Å². The normalized spacial score (nSPS) is 27.7. The standard InChI is InChI=1S/C18H30N6O3/c1-17(22-14(25)12-23(2)3)7-11-27-18(15(17)26)5-9-24(10-6-18)16-20-8-4-13(19)21-16/h4,8,15,26H,5-7,9-12H2,1-3H3,(H,22,25)(H2,19,20,21)/t15-,17+/m1/s1. The Balaban J connectivity index is 1.68. The van der Waals surface area contributed by atoms with Crippen LogP contribution in [0.3, 0.4) is 0 Å². The summed E-state index contributed by atoms with van der Waals surface area (Å²) < 4.78 is 6.08. The van der Waals surface area contributed by atoms with Gasteiger partial charge in [-0.3, -0.25) is 4.79 Å². The fraction of sp³-hybridized carbons (Fsp3) is 0.722. The number of carbonyl (C=O) groups excluding carboxylic acids is 1. The highest BCUT2D eigenvalue weighted by molar-refractivity contribution is 5.79. The van der Waals surface area contributed by atoms with Crippen LogP contribution in [0.2, 0.25) is 0 Å². The van der Waals surface area contributed by atoms with E-state index in [0.29, 0.717) is 50.7 Å². The number of amides is 1. The zero-order valence-electron chi connectivity index (χ0n) is 16.3. The Hall–Kier alpha value is -1.97. The highest BCUT2D eigenvalue weighted by atomic mass is 16.5. The van der Waals surface area contributed by atoms with Crippen molar-refractivity contribution in [1.82, 2.24) is 20.2 Å². The summed E-state index contributed by atoms with van der Waals surface area (Å²) in [6.45, 7) is 4.01. The third-order valence-electron chi connectivity index (χ3n) is 5.55. The minimum absolute atomic E-state index is 0.0933. The molecule has 0 radical (unpaired) electrons. The number of nitrogens with zero attached hydrogens (tertiary/aromatic N) is 4. The Morgan fingerprint density at radius 1 is 1.44 bits per heavy atom. The van der Waals surface area contributed by atoms with E-state index >= 15 is 0 Å². The molecular weight excluding hydrogens is 348 g/mol. The minimum Gasteiger partial charge on any atom is -0.388 e. The fourth-order valence-corrected chi connectivity index (χ4v) is 4.06. The summed E-state index contributed by atoms with van der Waals surface area (Å²) in [4.78, 5) is 24.7. The maximum absolute atomic E-state index is 12.3. The zero-order chi connectivity index (χ0) is 19.7. The van der Waals surface area contributed by atoms with Gasteiger partial charge in [0.25, 0.3) is 0 Å².